The molecule has 0 unspecified atom stereocenters. The molecule has 0 amide bonds. The number of anilines is 1. The number of non-ortho nitro benzene ring substituents is 1. The topological polar surface area (TPSA) is 72.5 Å². The number of hydrogen-bond donors (Lipinski definition) is 1. The summed E-state index contributed by atoms with van der Waals surface area (Å²) < 4.78 is 2.05. The maximum absolute atomic E-state index is 10.6. The molecule has 20 heavy (non-hydrogen) atoms. The van der Waals surface area contributed by atoms with E-state index in [0.717, 1.165) is 22.0 Å². The molecule has 0 bridgehead atoms. The first kappa shape index (κ1) is 12.6. The zero-order valence-corrected chi connectivity index (χ0v) is 11.6. The molecule has 0 aliphatic rings. The highest BCUT2D eigenvalue weighted by Crippen LogP contribution is 2.19. The lowest BCUT2D eigenvalue weighted by Crippen LogP contribution is -2.03. The van der Waals surface area contributed by atoms with Crippen LogP contribution < -0.4 is 5.32 Å². The standard InChI is InChI=1S/C13H12N4O2S/c1-9-12(16-6-7-20-13(16)15-9)8-14-10-2-4-11(5-3-10)17(18)19/h2-7,14H,8H2,1H3. The highest BCUT2D eigenvalue weighted by atomic mass is 32.1. The van der Waals surface area contributed by atoms with Crippen LogP contribution in [0.5, 0.6) is 0 Å². The van der Waals surface area contributed by atoms with Gasteiger partial charge in [0.05, 0.1) is 22.9 Å². The predicted octanol–water partition coefficient (Wildman–Crippen LogP) is 3.22. The Morgan fingerprint density at radius 2 is 2.15 bits per heavy atom. The van der Waals surface area contributed by atoms with E-state index in [1.54, 1.807) is 23.5 Å². The van der Waals surface area contributed by atoms with Gasteiger partial charge in [0.15, 0.2) is 4.96 Å². The second kappa shape index (κ2) is 4.93. The lowest BCUT2D eigenvalue weighted by Gasteiger charge is -2.06. The molecular formula is C13H12N4O2S. The fraction of sp³-hybridized carbons (Fsp3) is 0.154. The van der Waals surface area contributed by atoms with Crippen molar-refractivity contribution in [1.82, 2.24) is 9.38 Å². The number of thiazole rings is 1. The Kier molecular flexibility index (Phi) is 3.11. The molecule has 3 rings (SSSR count). The second-order valence-corrected chi connectivity index (χ2v) is 5.23. The van der Waals surface area contributed by atoms with Crippen LogP contribution in [0.2, 0.25) is 0 Å². The van der Waals surface area contributed by atoms with Crippen LogP contribution in [-0.2, 0) is 6.54 Å². The van der Waals surface area contributed by atoms with Crippen LogP contribution in [0.3, 0.4) is 0 Å². The third-order valence-corrected chi connectivity index (χ3v) is 3.86. The summed E-state index contributed by atoms with van der Waals surface area (Å²) in [6.07, 6.45) is 1.99. The van der Waals surface area contributed by atoms with E-state index in [4.69, 9.17) is 0 Å². The average Bonchev–Trinajstić information content (AvgIpc) is 2.98. The van der Waals surface area contributed by atoms with Gasteiger partial charge in [-0.1, -0.05) is 0 Å². The largest absolute Gasteiger partial charge is 0.379 e. The van der Waals surface area contributed by atoms with E-state index in [1.807, 2.05) is 18.5 Å². The molecule has 3 aromatic rings. The van der Waals surface area contributed by atoms with Crippen molar-refractivity contribution in [3.63, 3.8) is 0 Å². The van der Waals surface area contributed by atoms with Gasteiger partial charge in [-0.15, -0.1) is 11.3 Å². The molecule has 0 fully saturated rings. The van der Waals surface area contributed by atoms with E-state index in [0.29, 0.717) is 6.54 Å². The molecule has 0 saturated carbocycles. The second-order valence-electron chi connectivity index (χ2n) is 4.36. The number of nitrogens with zero attached hydrogens (tertiary/aromatic N) is 3. The van der Waals surface area contributed by atoms with E-state index < -0.39 is 4.92 Å². The summed E-state index contributed by atoms with van der Waals surface area (Å²) in [6, 6.07) is 6.40. The van der Waals surface area contributed by atoms with Crippen molar-refractivity contribution in [2.75, 3.05) is 5.32 Å². The third kappa shape index (κ3) is 2.23. The van der Waals surface area contributed by atoms with E-state index in [-0.39, 0.29) is 5.69 Å². The maximum Gasteiger partial charge on any atom is 0.269 e. The quantitative estimate of drug-likeness (QED) is 0.591. The van der Waals surface area contributed by atoms with Crippen LogP contribution in [0.25, 0.3) is 4.96 Å². The number of fused-ring (bicyclic) bond motifs is 1. The highest BCUT2D eigenvalue weighted by molar-refractivity contribution is 7.15. The highest BCUT2D eigenvalue weighted by Gasteiger charge is 2.09. The zero-order valence-electron chi connectivity index (χ0n) is 10.7. The third-order valence-electron chi connectivity index (χ3n) is 3.10. The minimum atomic E-state index is -0.403. The van der Waals surface area contributed by atoms with Crippen LogP contribution in [0.1, 0.15) is 11.4 Å². The minimum Gasteiger partial charge on any atom is -0.379 e. The van der Waals surface area contributed by atoms with Crippen molar-refractivity contribution in [2.45, 2.75) is 13.5 Å². The fourth-order valence-electron chi connectivity index (χ4n) is 2.04. The Balaban J connectivity index is 1.77. The molecule has 0 aliphatic heterocycles. The van der Waals surface area contributed by atoms with Crippen LogP contribution in [0.15, 0.2) is 35.8 Å². The van der Waals surface area contributed by atoms with Crippen molar-refractivity contribution in [2.24, 2.45) is 0 Å². The number of rotatable bonds is 4. The SMILES string of the molecule is Cc1nc2sccn2c1CNc1ccc([N+](=O)[O-])cc1. The summed E-state index contributed by atoms with van der Waals surface area (Å²) in [4.78, 5) is 15.6. The molecule has 0 atom stereocenters. The smallest absolute Gasteiger partial charge is 0.269 e. The van der Waals surface area contributed by atoms with Crippen molar-refractivity contribution >= 4 is 27.7 Å². The van der Waals surface area contributed by atoms with Gasteiger partial charge in [0, 0.05) is 29.4 Å². The number of aromatic nitrogens is 2. The van der Waals surface area contributed by atoms with E-state index >= 15 is 0 Å². The summed E-state index contributed by atoms with van der Waals surface area (Å²) in [5.74, 6) is 0. The van der Waals surface area contributed by atoms with Crippen LogP contribution in [0.4, 0.5) is 11.4 Å². The first-order valence-electron chi connectivity index (χ1n) is 6.04. The fourth-order valence-corrected chi connectivity index (χ4v) is 2.82. The van der Waals surface area contributed by atoms with Gasteiger partial charge < -0.3 is 5.32 Å². The number of aryl methyl sites for hydroxylation is 1. The number of nitrogens with one attached hydrogen (secondary N) is 1. The number of benzene rings is 1. The van der Waals surface area contributed by atoms with Gasteiger partial charge >= 0.3 is 0 Å². The molecule has 0 spiro atoms. The Morgan fingerprint density at radius 3 is 2.85 bits per heavy atom. The number of imidazole rings is 1. The Bertz CT molecular complexity index is 760. The molecule has 102 valence electrons. The molecule has 0 radical (unpaired) electrons. The van der Waals surface area contributed by atoms with Gasteiger partial charge in [-0.05, 0) is 19.1 Å². The number of hydrogen-bond acceptors (Lipinski definition) is 5. The minimum absolute atomic E-state index is 0.0938. The van der Waals surface area contributed by atoms with Gasteiger partial charge in [0.25, 0.3) is 5.69 Å². The monoisotopic (exact) mass is 288 g/mol. The van der Waals surface area contributed by atoms with E-state index in [1.165, 1.54) is 12.1 Å². The van der Waals surface area contributed by atoms with Gasteiger partial charge in [-0.25, -0.2) is 4.98 Å². The van der Waals surface area contributed by atoms with Gasteiger partial charge in [-0.2, -0.15) is 0 Å². The van der Waals surface area contributed by atoms with E-state index in [2.05, 4.69) is 14.7 Å². The van der Waals surface area contributed by atoms with Crippen molar-refractivity contribution < 1.29 is 4.92 Å². The van der Waals surface area contributed by atoms with Crippen LogP contribution in [-0.4, -0.2) is 14.3 Å². The number of nitro benzene ring substituents is 1. The molecule has 2 heterocycles. The van der Waals surface area contributed by atoms with Crippen molar-refractivity contribution in [3.05, 3.63) is 57.3 Å². The molecule has 6 nitrogen and oxygen atoms in total. The van der Waals surface area contributed by atoms with Crippen LogP contribution >= 0.6 is 11.3 Å². The first-order chi connectivity index (χ1) is 9.65. The lowest BCUT2D eigenvalue weighted by molar-refractivity contribution is -0.384. The van der Waals surface area contributed by atoms with Gasteiger partial charge in [0.2, 0.25) is 0 Å². The average molecular weight is 288 g/mol. The van der Waals surface area contributed by atoms with E-state index in [9.17, 15) is 10.1 Å². The zero-order chi connectivity index (χ0) is 14.1. The summed E-state index contributed by atoms with van der Waals surface area (Å²) in [5, 5.41) is 15.8. The summed E-state index contributed by atoms with van der Waals surface area (Å²) in [5.41, 5.74) is 3.03. The first-order valence-corrected chi connectivity index (χ1v) is 6.92. The van der Waals surface area contributed by atoms with Crippen molar-refractivity contribution in [3.8, 4) is 0 Å². The lowest BCUT2D eigenvalue weighted by atomic mass is 10.2. The summed E-state index contributed by atoms with van der Waals surface area (Å²) in [6.45, 7) is 2.61. The molecular weight excluding hydrogens is 276 g/mol. The van der Waals surface area contributed by atoms with Gasteiger partial charge in [0.1, 0.15) is 0 Å². The van der Waals surface area contributed by atoms with Crippen molar-refractivity contribution in [1.29, 1.82) is 0 Å². The maximum atomic E-state index is 10.6. The number of nitro groups is 1. The Hall–Kier alpha value is -2.41. The molecule has 0 aliphatic carbocycles. The molecule has 0 saturated heterocycles. The van der Waals surface area contributed by atoms with Gasteiger partial charge in [-0.3, -0.25) is 14.5 Å². The molecule has 7 heteroatoms. The Morgan fingerprint density at radius 1 is 1.40 bits per heavy atom. The molecule has 1 aromatic carbocycles. The summed E-state index contributed by atoms with van der Waals surface area (Å²) in [7, 11) is 0. The summed E-state index contributed by atoms with van der Waals surface area (Å²) >= 11 is 1.60. The Labute approximate surface area is 118 Å². The molecule has 1 N–H and O–H groups in total. The molecule has 2 aromatic heterocycles. The predicted molar refractivity (Wildman–Crippen MR) is 78.2 cm³/mol. The van der Waals surface area contributed by atoms with Crippen LogP contribution in [0, 0.1) is 17.0 Å². The normalized spacial score (nSPS) is 10.8.